The second-order valence-electron chi connectivity index (χ2n) is 18.1. The zero-order valence-electron chi connectivity index (χ0n) is 38.9. The summed E-state index contributed by atoms with van der Waals surface area (Å²) in [5.41, 5.74) is 3.54. The van der Waals surface area contributed by atoms with Gasteiger partial charge in [-0.15, -0.1) is 0 Å². The van der Waals surface area contributed by atoms with Crippen molar-refractivity contribution >= 4 is 29.5 Å². The Morgan fingerprint density at radius 1 is 0.800 bits per heavy atom. The van der Waals surface area contributed by atoms with Gasteiger partial charge in [0.15, 0.2) is 11.5 Å². The third kappa shape index (κ3) is 7.70. The zero-order valence-corrected chi connectivity index (χ0v) is 38.9. The van der Waals surface area contributed by atoms with E-state index in [1.165, 1.54) is 12.1 Å². The molecule has 4 aliphatic heterocycles. The van der Waals surface area contributed by atoms with Crippen LogP contribution in [-0.2, 0) is 37.5 Å². The van der Waals surface area contributed by atoms with Crippen molar-refractivity contribution in [3.05, 3.63) is 190 Å². The molecule has 2 saturated heterocycles. The summed E-state index contributed by atoms with van der Waals surface area (Å²) >= 11 is 0. The second kappa shape index (κ2) is 18.9. The highest BCUT2D eigenvalue weighted by atomic mass is 16.6. The highest BCUT2D eigenvalue weighted by Crippen LogP contribution is 2.66. The van der Waals surface area contributed by atoms with E-state index in [4.69, 9.17) is 14.2 Å². The van der Waals surface area contributed by atoms with E-state index in [0.29, 0.717) is 40.2 Å². The topological polar surface area (TPSA) is 158 Å². The van der Waals surface area contributed by atoms with E-state index in [9.17, 15) is 10.2 Å². The number of urea groups is 1. The Hall–Kier alpha value is -7.92. The van der Waals surface area contributed by atoms with Crippen molar-refractivity contribution in [2.45, 2.75) is 62.0 Å². The molecule has 0 radical (unpaired) electrons. The average Bonchev–Trinajstić information content (AvgIpc) is 3.85. The van der Waals surface area contributed by atoms with Crippen LogP contribution in [0, 0.1) is 17.8 Å². The molecule has 70 heavy (non-hydrogen) atoms. The lowest BCUT2D eigenvalue weighted by Gasteiger charge is -2.46. The van der Waals surface area contributed by atoms with Gasteiger partial charge in [-0.2, -0.15) is 0 Å². The molecule has 13 nitrogen and oxygen atoms in total. The summed E-state index contributed by atoms with van der Waals surface area (Å²) in [6.07, 6.45) is -0.302. The maximum Gasteiger partial charge on any atom is 0.329 e. The minimum Gasteiger partial charge on any atom is -0.508 e. The van der Waals surface area contributed by atoms with Crippen LogP contribution in [0.1, 0.15) is 82.1 Å². The first-order valence-corrected chi connectivity index (χ1v) is 23.4. The number of aromatic hydroxyl groups is 1. The fraction of sp³-hybridized carbons (Fsp3) is 0.263. The number of nitrogens with zero attached hydrogens (tertiary/aromatic N) is 3. The van der Waals surface area contributed by atoms with Gasteiger partial charge in [0, 0.05) is 25.1 Å². The molecule has 13 heteroatoms. The van der Waals surface area contributed by atoms with Gasteiger partial charge in [-0.05, 0) is 94.8 Å². The number of phenols is 1. The number of rotatable bonds is 9. The van der Waals surface area contributed by atoms with Crippen LogP contribution in [0.2, 0.25) is 0 Å². The maximum absolute atomic E-state index is 16.7. The number of nitrogens with one attached hydrogen (secondary N) is 1. The molecule has 1 spiro atoms. The second-order valence-corrected chi connectivity index (χ2v) is 18.1. The van der Waals surface area contributed by atoms with Gasteiger partial charge in [0.25, 0.3) is 0 Å². The fourth-order valence-electron chi connectivity index (χ4n) is 11.2. The number of carbonyl (C=O) groups excluding carboxylic acids is 4. The van der Waals surface area contributed by atoms with Crippen LogP contribution in [-0.4, -0.2) is 77.2 Å². The van der Waals surface area contributed by atoms with Gasteiger partial charge < -0.3 is 34.6 Å². The molecule has 3 N–H and O–H groups in total. The first-order chi connectivity index (χ1) is 34.1. The summed E-state index contributed by atoms with van der Waals surface area (Å²) in [6.45, 7) is 2.01. The van der Waals surface area contributed by atoms with E-state index >= 15 is 19.2 Å². The molecule has 0 aromatic heterocycles. The Bertz CT molecular complexity index is 3030. The quantitative estimate of drug-likeness (QED) is 0.0963. The van der Waals surface area contributed by atoms with Crippen LogP contribution < -0.4 is 19.7 Å². The van der Waals surface area contributed by atoms with Crippen molar-refractivity contribution in [3.8, 4) is 29.1 Å². The summed E-state index contributed by atoms with van der Waals surface area (Å²) in [7, 11) is 3.12. The van der Waals surface area contributed by atoms with Gasteiger partial charge >= 0.3 is 12.0 Å². The minimum atomic E-state index is -2.02. The molecule has 6 aromatic carbocycles. The molecule has 7 atom stereocenters. The summed E-state index contributed by atoms with van der Waals surface area (Å²) in [4.78, 5) is 68.7. The number of amides is 4. The van der Waals surface area contributed by atoms with Gasteiger partial charge in [0.1, 0.15) is 23.3 Å². The fourth-order valence-corrected chi connectivity index (χ4v) is 11.2. The van der Waals surface area contributed by atoms with Crippen LogP contribution in [0.25, 0.3) is 0 Å². The van der Waals surface area contributed by atoms with Crippen LogP contribution in [0.3, 0.4) is 0 Å². The largest absolute Gasteiger partial charge is 0.508 e. The number of carbonyl (C=O) groups is 4. The van der Waals surface area contributed by atoms with Crippen molar-refractivity contribution in [1.82, 2.24) is 15.1 Å². The summed E-state index contributed by atoms with van der Waals surface area (Å²) in [5, 5.41) is 23.6. The molecule has 4 aliphatic rings. The Labute approximate surface area is 406 Å². The van der Waals surface area contributed by atoms with Crippen LogP contribution >= 0.6 is 0 Å². The number of esters is 1. The van der Waals surface area contributed by atoms with Crippen molar-refractivity contribution in [1.29, 1.82) is 0 Å². The van der Waals surface area contributed by atoms with Gasteiger partial charge in [-0.3, -0.25) is 19.3 Å². The number of ether oxygens (including phenoxy) is 3. The van der Waals surface area contributed by atoms with E-state index in [2.05, 4.69) is 17.2 Å². The summed E-state index contributed by atoms with van der Waals surface area (Å²) in [5.74, 6) is 3.72. The first kappa shape index (κ1) is 45.8. The highest BCUT2D eigenvalue weighted by Gasteiger charge is 2.76. The maximum atomic E-state index is 16.7. The number of fused-ring (bicyclic) bond motifs is 4. The number of phenolic OH excluding ortho intramolecular Hbond substituents is 1. The number of aliphatic hydroxyl groups excluding tert-OH is 1. The van der Waals surface area contributed by atoms with Crippen molar-refractivity contribution in [3.63, 3.8) is 0 Å². The smallest absolute Gasteiger partial charge is 0.329 e. The standard InChI is InChI=1S/C57H52N4O9/c1-35(37-16-7-4-8-17-37)58-56(67)60-45-27-22-36(15-13-14-30-62)31-44(45)57(55(60)66)48(53(64)59-29-28-41-32-46(68-2)47(69-3)33-42(41)34-59)50-54(65)70-51(39-20-11-6-12-21-39)49(38-18-9-5-10-19-38)61(50)52(57)40-23-25-43(63)26-24-40/h4-12,16-27,31-33,35,48-52,62-63H,14,28-30,34H2,1-3H3,(H,58,67)/t35-,48-,49-,50-,51+,52+,57-/m1/s1. The van der Waals surface area contributed by atoms with Crippen LogP contribution in [0.5, 0.6) is 17.2 Å². The van der Waals surface area contributed by atoms with E-state index in [0.717, 1.165) is 27.2 Å². The van der Waals surface area contributed by atoms with Crippen molar-refractivity contribution in [2.24, 2.45) is 5.92 Å². The molecular weight excluding hydrogens is 885 g/mol. The summed E-state index contributed by atoms with van der Waals surface area (Å²) in [6, 6.07) is 39.1. The molecule has 354 valence electrons. The molecule has 10 rings (SSSR count). The summed E-state index contributed by atoms with van der Waals surface area (Å²) < 4.78 is 18.0. The lowest BCUT2D eigenvalue weighted by atomic mass is 9.64. The molecule has 0 unspecified atom stereocenters. The van der Waals surface area contributed by atoms with E-state index in [1.54, 1.807) is 49.5 Å². The van der Waals surface area contributed by atoms with Crippen LogP contribution in [0.15, 0.2) is 146 Å². The first-order valence-electron chi connectivity index (χ1n) is 23.4. The lowest BCUT2D eigenvalue weighted by Crippen LogP contribution is -2.57. The number of morpholine rings is 1. The number of cyclic esters (lactones) is 1. The molecule has 2 fully saturated rings. The molecule has 4 amide bonds. The molecule has 0 bridgehead atoms. The SMILES string of the molecule is COc1cc2c(cc1OC)CN(C(=O)[C@H]1[C@@H]3C(=O)O[C@@H](c4ccccc4)[C@@H](c4ccccc4)N3[C@@H](c3ccc(O)cc3)[C@]13C(=O)N(C(=O)N[C@H](C)c1ccccc1)c1ccc(C#CCCO)cc13)CC2. The third-order valence-corrected chi connectivity index (χ3v) is 14.3. The van der Waals surface area contributed by atoms with Crippen molar-refractivity contribution < 1.29 is 43.6 Å². The number of anilines is 1. The van der Waals surface area contributed by atoms with Crippen LogP contribution in [0.4, 0.5) is 10.5 Å². The Kier molecular flexibility index (Phi) is 12.4. The number of aliphatic hydroxyl groups is 1. The molecule has 0 saturated carbocycles. The Morgan fingerprint density at radius 3 is 2.10 bits per heavy atom. The highest BCUT2D eigenvalue weighted by molar-refractivity contribution is 6.24. The number of imide groups is 1. The van der Waals surface area contributed by atoms with E-state index in [-0.39, 0.29) is 37.6 Å². The normalized spacial score (nSPS) is 22.8. The van der Waals surface area contributed by atoms with E-state index in [1.807, 2.05) is 115 Å². The monoisotopic (exact) mass is 936 g/mol. The van der Waals surface area contributed by atoms with E-state index < -0.39 is 65.4 Å². The Balaban J connectivity index is 1.25. The zero-order chi connectivity index (χ0) is 48.7. The molecular formula is C57H52N4O9. The minimum absolute atomic E-state index is 0.0330. The number of hydrogen-bond acceptors (Lipinski definition) is 10. The molecule has 6 aromatic rings. The Morgan fingerprint density at radius 2 is 1.44 bits per heavy atom. The number of benzene rings is 6. The number of methoxy groups -OCH3 is 2. The molecule has 4 heterocycles. The van der Waals surface area contributed by atoms with Gasteiger partial charge in [-0.1, -0.05) is 115 Å². The van der Waals surface area contributed by atoms with Gasteiger partial charge in [0.2, 0.25) is 11.8 Å². The van der Waals surface area contributed by atoms with Crippen molar-refractivity contribution in [2.75, 3.05) is 32.3 Å². The predicted octanol–water partition coefficient (Wildman–Crippen LogP) is 7.86. The lowest BCUT2D eigenvalue weighted by molar-refractivity contribution is -0.179. The van der Waals surface area contributed by atoms with Gasteiger partial charge in [-0.25, -0.2) is 9.69 Å². The average molecular weight is 937 g/mol. The molecule has 0 aliphatic carbocycles. The van der Waals surface area contributed by atoms with Gasteiger partial charge in [0.05, 0.1) is 50.6 Å². The predicted molar refractivity (Wildman–Crippen MR) is 261 cm³/mol. The third-order valence-electron chi connectivity index (χ3n) is 14.3. The number of hydrogen-bond donors (Lipinski definition) is 3.